The average Bonchev–Trinajstić information content (AvgIpc) is 2.71. The molecule has 0 radical (unpaired) electrons. The van der Waals surface area contributed by atoms with Gasteiger partial charge in [0.2, 0.25) is 10.0 Å². The first-order chi connectivity index (χ1) is 10.2. The molecule has 0 saturated heterocycles. The number of amides is 1. The fraction of sp³-hybridized carbons (Fsp3) is 0.643. The Hall–Kier alpha value is -1.38. The van der Waals surface area contributed by atoms with Crippen LogP contribution in [-0.2, 0) is 17.1 Å². The first-order valence-electron chi connectivity index (χ1n) is 7.48. The Morgan fingerprint density at radius 1 is 1.32 bits per heavy atom. The minimum atomic E-state index is -3.70. The van der Waals surface area contributed by atoms with Crippen molar-refractivity contribution in [2.24, 2.45) is 18.5 Å². The van der Waals surface area contributed by atoms with E-state index in [9.17, 15) is 13.2 Å². The van der Waals surface area contributed by atoms with Gasteiger partial charge in [-0.3, -0.25) is 4.79 Å². The van der Waals surface area contributed by atoms with E-state index >= 15 is 0 Å². The van der Waals surface area contributed by atoms with Crippen LogP contribution in [0.1, 0.15) is 49.0 Å². The molecule has 1 saturated carbocycles. The Morgan fingerprint density at radius 3 is 2.41 bits per heavy atom. The molecule has 22 heavy (non-hydrogen) atoms. The molecule has 1 aliphatic rings. The third kappa shape index (κ3) is 3.88. The maximum absolute atomic E-state index is 12.4. The lowest BCUT2D eigenvalue weighted by molar-refractivity contribution is 0.0992. The first kappa shape index (κ1) is 17.0. The van der Waals surface area contributed by atoms with Gasteiger partial charge in [-0.2, -0.15) is 0 Å². The highest BCUT2D eigenvalue weighted by Crippen LogP contribution is 2.25. The predicted molar refractivity (Wildman–Crippen MR) is 83.7 cm³/mol. The van der Waals surface area contributed by atoms with Crippen LogP contribution in [0.15, 0.2) is 17.2 Å². The van der Waals surface area contributed by atoms with E-state index in [4.69, 9.17) is 11.5 Å². The molecular formula is C14H24N4O3S. The van der Waals surface area contributed by atoms with E-state index in [0.29, 0.717) is 0 Å². The van der Waals surface area contributed by atoms with Gasteiger partial charge in [-0.05, 0) is 18.9 Å². The van der Waals surface area contributed by atoms with Gasteiger partial charge in [0.1, 0.15) is 10.6 Å². The van der Waals surface area contributed by atoms with E-state index in [2.05, 4.69) is 4.72 Å². The van der Waals surface area contributed by atoms with Crippen molar-refractivity contribution in [3.05, 3.63) is 18.0 Å². The van der Waals surface area contributed by atoms with Gasteiger partial charge in [0, 0.05) is 25.3 Å². The van der Waals surface area contributed by atoms with E-state index in [1.807, 2.05) is 0 Å². The molecule has 1 amide bonds. The summed E-state index contributed by atoms with van der Waals surface area (Å²) in [7, 11) is -2.13. The van der Waals surface area contributed by atoms with Crippen LogP contribution in [-0.4, -0.2) is 31.0 Å². The minimum Gasteiger partial charge on any atom is -0.364 e. The van der Waals surface area contributed by atoms with Gasteiger partial charge in [-0.25, -0.2) is 13.1 Å². The SMILES string of the molecule is Cn1cc(S(=O)(=O)NCC2(N)CCCCCC2)cc1C(N)=O. The Bertz CT molecular complexity index is 643. The highest BCUT2D eigenvalue weighted by atomic mass is 32.2. The van der Waals surface area contributed by atoms with Crippen molar-refractivity contribution in [2.45, 2.75) is 49.0 Å². The molecule has 0 atom stereocenters. The molecule has 2 rings (SSSR count). The topological polar surface area (TPSA) is 120 Å². The molecule has 1 heterocycles. The summed E-state index contributed by atoms with van der Waals surface area (Å²) >= 11 is 0. The van der Waals surface area contributed by atoms with Crippen molar-refractivity contribution in [1.29, 1.82) is 0 Å². The smallest absolute Gasteiger partial charge is 0.265 e. The Labute approximate surface area is 131 Å². The molecular weight excluding hydrogens is 304 g/mol. The van der Waals surface area contributed by atoms with Crippen LogP contribution < -0.4 is 16.2 Å². The summed E-state index contributed by atoms with van der Waals surface area (Å²) in [6.07, 6.45) is 7.34. The quantitative estimate of drug-likeness (QED) is 0.680. The van der Waals surface area contributed by atoms with E-state index in [1.54, 1.807) is 7.05 Å². The summed E-state index contributed by atoms with van der Waals surface area (Å²) in [5.41, 5.74) is 11.2. The summed E-state index contributed by atoms with van der Waals surface area (Å²) in [4.78, 5) is 11.3. The lowest BCUT2D eigenvalue weighted by Crippen LogP contribution is -2.49. The van der Waals surface area contributed by atoms with Gasteiger partial charge in [0.15, 0.2) is 0 Å². The molecule has 0 unspecified atom stereocenters. The van der Waals surface area contributed by atoms with Gasteiger partial charge in [0.05, 0.1) is 0 Å². The monoisotopic (exact) mass is 328 g/mol. The number of aromatic nitrogens is 1. The number of nitrogens with zero attached hydrogens (tertiary/aromatic N) is 1. The zero-order valence-electron chi connectivity index (χ0n) is 12.8. The second-order valence-electron chi connectivity index (χ2n) is 6.14. The predicted octanol–water partition coefficient (Wildman–Crippen LogP) is 0.454. The van der Waals surface area contributed by atoms with Crippen molar-refractivity contribution >= 4 is 15.9 Å². The molecule has 5 N–H and O–H groups in total. The van der Waals surface area contributed by atoms with Gasteiger partial charge in [0.25, 0.3) is 5.91 Å². The fourth-order valence-corrected chi connectivity index (χ4v) is 4.07. The van der Waals surface area contributed by atoms with Crippen molar-refractivity contribution in [3.8, 4) is 0 Å². The molecule has 0 aliphatic heterocycles. The van der Waals surface area contributed by atoms with Crippen molar-refractivity contribution < 1.29 is 13.2 Å². The van der Waals surface area contributed by atoms with Crippen LogP contribution in [0.5, 0.6) is 0 Å². The van der Waals surface area contributed by atoms with E-state index < -0.39 is 21.5 Å². The van der Waals surface area contributed by atoms with Crippen LogP contribution in [0.25, 0.3) is 0 Å². The molecule has 1 aromatic heterocycles. The number of hydrogen-bond donors (Lipinski definition) is 3. The summed E-state index contributed by atoms with van der Waals surface area (Å²) < 4.78 is 28.7. The van der Waals surface area contributed by atoms with Gasteiger partial charge < -0.3 is 16.0 Å². The Kier molecular flexibility index (Phi) is 4.93. The molecule has 8 heteroatoms. The number of carbonyl (C=O) groups is 1. The van der Waals surface area contributed by atoms with Crippen molar-refractivity contribution in [3.63, 3.8) is 0 Å². The standard InChI is InChI=1S/C14H24N4O3S/c1-18-9-11(8-12(18)13(15)19)22(20,21)17-10-14(16)6-4-2-3-5-7-14/h8-9,17H,2-7,10,16H2,1H3,(H2,15,19). The Morgan fingerprint density at radius 2 is 1.91 bits per heavy atom. The van der Waals surface area contributed by atoms with E-state index in [-0.39, 0.29) is 17.1 Å². The summed E-state index contributed by atoms with van der Waals surface area (Å²) in [6, 6.07) is 1.28. The lowest BCUT2D eigenvalue weighted by Gasteiger charge is -2.28. The molecule has 1 aromatic rings. The van der Waals surface area contributed by atoms with Crippen molar-refractivity contribution in [2.75, 3.05) is 6.54 Å². The van der Waals surface area contributed by atoms with Crippen LogP contribution in [0.4, 0.5) is 0 Å². The first-order valence-corrected chi connectivity index (χ1v) is 8.97. The van der Waals surface area contributed by atoms with Gasteiger partial charge >= 0.3 is 0 Å². The maximum atomic E-state index is 12.4. The molecule has 1 fully saturated rings. The van der Waals surface area contributed by atoms with Crippen LogP contribution in [0, 0.1) is 0 Å². The zero-order valence-corrected chi connectivity index (χ0v) is 13.7. The highest BCUT2D eigenvalue weighted by molar-refractivity contribution is 7.89. The highest BCUT2D eigenvalue weighted by Gasteiger charge is 2.29. The molecule has 124 valence electrons. The molecule has 0 aromatic carbocycles. The molecule has 1 aliphatic carbocycles. The summed E-state index contributed by atoms with van der Waals surface area (Å²) in [5.74, 6) is -0.664. The van der Waals surface area contributed by atoms with Crippen LogP contribution >= 0.6 is 0 Å². The maximum Gasteiger partial charge on any atom is 0.265 e. The lowest BCUT2D eigenvalue weighted by atomic mass is 9.92. The number of aryl methyl sites for hydroxylation is 1. The summed E-state index contributed by atoms with van der Waals surface area (Å²) in [5, 5.41) is 0. The third-order valence-electron chi connectivity index (χ3n) is 4.26. The number of nitrogens with one attached hydrogen (secondary N) is 1. The number of primary amides is 1. The average molecular weight is 328 g/mol. The van der Waals surface area contributed by atoms with Gasteiger partial charge in [-0.15, -0.1) is 0 Å². The third-order valence-corrected chi connectivity index (χ3v) is 5.62. The number of sulfonamides is 1. The van der Waals surface area contributed by atoms with Gasteiger partial charge in [-0.1, -0.05) is 25.7 Å². The minimum absolute atomic E-state index is 0.0287. The van der Waals surface area contributed by atoms with Crippen LogP contribution in [0.2, 0.25) is 0 Å². The van der Waals surface area contributed by atoms with Crippen LogP contribution in [0.3, 0.4) is 0 Å². The normalized spacial score (nSPS) is 18.8. The van der Waals surface area contributed by atoms with E-state index in [0.717, 1.165) is 38.5 Å². The second kappa shape index (κ2) is 6.39. The van der Waals surface area contributed by atoms with Crippen molar-refractivity contribution in [1.82, 2.24) is 9.29 Å². The molecule has 0 spiro atoms. The van der Waals surface area contributed by atoms with E-state index in [1.165, 1.54) is 16.8 Å². The second-order valence-corrected chi connectivity index (χ2v) is 7.90. The number of hydrogen-bond acceptors (Lipinski definition) is 4. The molecule has 7 nitrogen and oxygen atoms in total. The Balaban J connectivity index is 2.10. The zero-order chi connectivity index (χ0) is 16.4. The number of nitrogens with two attached hydrogens (primary N) is 2. The largest absolute Gasteiger partial charge is 0.364 e. The number of rotatable bonds is 5. The number of carbonyl (C=O) groups excluding carboxylic acids is 1. The summed E-state index contributed by atoms with van der Waals surface area (Å²) in [6.45, 7) is 0.204. The molecule has 0 bridgehead atoms. The fourth-order valence-electron chi connectivity index (χ4n) is 2.86.